The zero-order chi connectivity index (χ0) is 22.1. The van der Waals surface area contributed by atoms with Crippen molar-refractivity contribution < 1.29 is 14.3 Å². The van der Waals surface area contributed by atoms with Crippen molar-refractivity contribution in [3.05, 3.63) is 96.4 Å². The predicted molar refractivity (Wildman–Crippen MR) is 122 cm³/mol. The lowest BCUT2D eigenvalue weighted by molar-refractivity contribution is 0.0321. The molecule has 6 nitrogen and oxygen atoms in total. The summed E-state index contributed by atoms with van der Waals surface area (Å²) < 4.78 is 5.62. The Bertz CT molecular complexity index is 1460. The van der Waals surface area contributed by atoms with Crippen molar-refractivity contribution in [1.29, 1.82) is 0 Å². The lowest BCUT2D eigenvalue weighted by Crippen LogP contribution is -2.24. The lowest BCUT2D eigenvalue weighted by Gasteiger charge is -2.14. The first kappa shape index (κ1) is 19.6. The minimum Gasteiger partial charge on any atom is -0.451 e. The van der Waals surface area contributed by atoms with E-state index in [0.717, 1.165) is 16.5 Å². The van der Waals surface area contributed by atoms with Gasteiger partial charge in [-0.05, 0) is 37.3 Å². The van der Waals surface area contributed by atoms with Crippen LogP contribution in [-0.4, -0.2) is 32.8 Å². The largest absolute Gasteiger partial charge is 0.451 e. The van der Waals surface area contributed by atoms with Crippen molar-refractivity contribution in [2.75, 3.05) is 0 Å². The summed E-state index contributed by atoms with van der Waals surface area (Å²) >= 11 is 0. The van der Waals surface area contributed by atoms with Gasteiger partial charge < -0.3 is 9.72 Å². The highest BCUT2D eigenvalue weighted by atomic mass is 16.5. The molecule has 3 aromatic heterocycles. The average molecular weight is 421 g/mol. The highest BCUT2D eigenvalue weighted by molar-refractivity contribution is 6.11. The number of esters is 1. The van der Waals surface area contributed by atoms with Crippen LogP contribution < -0.4 is 0 Å². The summed E-state index contributed by atoms with van der Waals surface area (Å²) in [5, 5.41) is 1.46. The summed E-state index contributed by atoms with van der Waals surface area (Å²) in [5.41, 5.74) is 3.77. The summed E-state index contributed by atoms with van der Waals surface area (Å²) in [6.45, 7) is 1.59. The van der Waals surface area contributed by atoms with E-state index in [2.05, 4.69) is 15.0 Å². The third-order valence-corrected chi connectivity index (χ3v) is 5.40. The molecule has 0 saturated heterocycles. The van der Waals surface area contributed by atoms with Gasteiger partial charge in [-0.2, -0.15) is 0 Å². The maximum atomic E-state index is 13.2. The van der Waals surface area contributed by atoms with Crippen LogP contribution in [0, 0.1) is 0 Å². The minimum atomic E-state index is -0.949. The van der Waals surface area contributed by atoms with E-state index in [4.69, 9.17) is 4.74 Å². The standard InChI is InChI=1S/C26H19N3O3/c1-16(25(30)21-15-28-22-10-4-2-9-19(21)22)32-26(31)20-13-24(17-7-6-12-27-14-17)29-23-11-5-3-8-18(20)23/h2-16,28H,1H3/t16-/m1/s1. The first-order valence-corrected chi connectivity index (χ1v) is 10.2. The van der Waals surface area contributed by atoms with Crippen LogP contribution >= 0.6 is 0 Å². The van der Waals surface area contributed by atoms with Gasteiger partial charge in [0.15, 0.2) is 6.10 Å². The second-order valence-corrected chi connectivity index (χ2v) is 7.47. The number of hydrogen-bond donors (Lipinski definition) is 1. The van der Waals surface area contributed by atoms with Crippen molar-refractivity contribution in [3.8, 4) is 11.3 Å². The number of carbonyl (C=O) groups is 2. The number of para-hydroxylation sites is 2. The molecule has 0 bridgehead atoms. The molecule has 0 aliphatic rings. The van der Waals surface area contributed by atoms with Crippen molar-refractivity contribution in [2.24, 2.45) is 0 Å². The van der Waals surface area contributed by atoms with Crippen LogP contribution in [0.4, 0.5) is 0 Å². The van der Waals surface area contributed by atoms with Crippen molar-refractivity contribution in [2.45, 2.75) is 13.0 Å². The Morgan fingerprint density at radius 1 is 0.938 bits per heavy atom. The Kier molecular flexibility index (Phi) is 4.95. The van der Waals surface area contributed by atoms with E-state index in [1.54, 1.807) is 31.6 Å². The van der Waals surface area contributed by atoms with Crippen LogP contribution in [0.15, 0.2) is 85.3 Å². The van der Waals surface area contributed by atoms with E-state index in [1.807, 2.05) is 60.7 Å². The van der Waals surface area contributed by atoms with Gasteiger partial charge in [-0.3, -0.25) is 9.78 Å². The minimum absolute atomic E-state index is 0.262. The highest BCUT2D eigenvalue weighted by Gasteiger charge is 2.24. The van der Waals surface area contributed by atoms with Gasteiger partial charge in [-0.1, -0.05) is 36.4 Å². The fraction of sp³-hybridized carbons (Fsp3) is 0.0769. The van der Waals surface area contributed by atoms with E-state index in [9.17, 15) is 9.59 Å². The number of pyridine rings is 2. The highest BCUT2D eigenvalue weighted by Crippen LogP contribution is 2.26. The molecule has 3 heterocycles. The smallest absolute Gasteiger partial charge is 0.339 e. The molecular weight excluding hydrogens is 402 g/mol. The van der Waals surface area contributed by atoms with E-state index >= 15 is 0 Å². The molecule has 0 aliphatic carbocycles. The molecule has 1 atom stereocenters. The summed E-state index contributed by atoms with van der Waals surface area (Å²) in [6.07, 6.45) is 4.07. The number of hydrogen-bond acceptors (Lipinski definition) is 5. The molecule has 5 aromatic rings. The van der Waals surface area contributed by atoms with E-state index in [1.165, 1.54) is 0 Å². The zero-order valence-corrected chi connectivity index (χ0v) is 17.3. The number of aromatic nitrogens is 3. The molecule has 0 radical (unpaired) electrons. The topological polar surface area (TPSA) is 84.9 Å². The fourth-order valence-corrected chi connectivity index (χ4v) is 3.78. The molecule has 156 valence electrons. The van der Waals surface area contributed by atoms with Crippen LogP contribution in [0.25, 0.3) is 33.1 Å². The Balaban J connectivity index is 1.48. The van der Waals surface area contributed by atoms with E-state index in [0.29, 0.717) is 27.7 Å². The number of rotatable bonds is 5. The molecule has 0 unspecified atom stereocenters. The summed E-state index contributed by atoms with van der Waals surface area (Å²) in [4.78, 5) is 38.1. The van der Waals surface area contributed by atoms with Gasteiger partial charge in [0.25, 0.3) is 0 Å². The van der Waals surface area contributed by atoms with E-state index < -0.39 is 12.1 Å². The van der Waals surface area contributed by atoms with Crippen molar-refractivity contribution in [1.82, 2.24) is 15.0 Å². The molecule has 0 fully saturated rings. The molecule has 0 spiro atoms. The van der Waals surface area contributed by atoms with Gasteiger partial charge >= 0.3 is 5.97 Å². The zero-order valence-electron chi connectivity index (χ0n) is 17.3. The first-order chi connectivity index (χ1) is 15.6. The summed E-state index contributed by atoms with van der Waals surface area (Å²) in [5.74, 6) is -0.837. The van der Waals surface area contributed by atoms with Crippen molar-refractivity contribution >= 4 is 33.6 Å². The normalized spacial score (nSPS) is 12.0. The number of ether oxygens (including phenoxy) is 1. The van der Waals surface area contributed by atoms with Crippen molar-refractivity contribution in [3.63, 3.8) is 0 Å². The number of ketones is 1. The number of aromatic amines is 1. The van der Waals surface area contributed by atoms with Gasteiger partial charge in [0.1, 0.15) is 0 Å². The predicted octanol–water partition coefficient (Wildman–Crippen LogP) is 5.21. The lowest BCUT2D eigenvalue weighted by atomic mass is 10.0. The molecule has 5 rings (SSSR count). The molecule has 1 N–H and O–H groups in total. The maximum Gasteiger partial charge on any atom is 0.339 e. The second-order valence-electron chi connectivity index (χ2n) is 7.47. The maximum absolute atomic E-state index is 13.2. The number of nitrogens with one attached hydrogen (secondary N) is 1. The average Bonchev–Trinajstić information content (AvgIpc) is 3.27. The third kappa shape index (κ3) is 3.52. The molecule has 6 heteroatoms. The molecule has 0 amide bonds. The number of fused-ring (bicyclic) bond motifs is 2. The van der Waals surface area contributed by atoms with Gasteiger partial charge in [0, 0.05) is 46.0 Å². The van der Waals surface area contributed by atoms with Crippen LogP contribution in [-0.2, 0) is 4.74 Å². The molecule has 2 aromatic carbocycles. The Morgan fingerprint density at radius 2 is 1.72 bits per heavy atom. The SMILES string of the molecule is C[C@@H](OC(=O)c1cc(-c2cccnc2)nc2ccccc12)C(=O)c1c[nH]c2ccccc12. The van der Waals surface area contributed by atoms with E-state index in [-0.39, 0.29) is 5.78 Å². The van der Waals surface area contributed by atoms with Crippen LogP contribution in [0.2, 0.25) is 0 Å². The number of H-pyrrole nitrogens is 1. The molecular formula is C26H19N3O3. The first-order valence-electron chi connectivity index (χ1n) is 10.2. The second kappa shape index (κ2) is 8.07. The monoisotopic (exact) mass is 421 g/mol. The Labute approximate surface area is 183 Å². The quantitative estimate of drug-likeness (QED) is 0.311. The molecule has 0 saturated carbocycles. The Morgan fingerprint density at radius 3 is 2.53 bits per heavy atom. The fourth-order valence-electron chi connectivity index (χ4n) is 3.78. The van der Waals surface area contributed by atoms with Gasteiger partial charge in [0.05, 0.1) is 16.8 Å². The van der Waals surface area contributed by atoms with Crippen LogP contribution in [0.1, 0.15) is 27.6 Å². The molecule has 0 aliphatic heterocycles. The van der Waals surface area contributed by atoms with Gasteiger partial charge in [0.2, 0.25) is 5.78 Å². The number of carbonyl (C=O) groups excluding carboxylic acids is 2. The Hall–Kier alpha value is -4.32. The number of Topliss-reactive ketones (excluding diaryl/α,β-unsaturated/α-hetero) is 1. The summed E-state index contributed by atoms with van der Waals surface area (Å²) in [6, 6.07) is 20.3. The number of benzene rings is 2. The number of nitrogens with zero attached hydrogens (tertiary/aromatic N) is 2. The van der Waals surface area contributed by atoms with Crippen LogP contribution in [0.5, 0.6) is 0 Å². The van der Waals surface area contributed by atoms with Gasteiger partial charge in [-0.15, -0.1) is 0 Å². The molecule has 32 heavy (non-hydrogen) atoms. The van der Waals surface area contributed by atoms with Crippen LogP contribution in [0.3, 0.4) is 0 Å². The summed E-state index contributed by atoms with van der Waals surface area (Å²) in [7, 11) is 0. The van der Waals surface area contributed by atoms with Gasteiger partial charge in [-0.25, -0.2) is 9.78 Å². The third-order valence-electron chi connectivity index (χ3n) is 5.40.